The van der Waals surface area contributed by atoms with Gasteiger partial charge in [0.05, 0.1) is 44.3 Å². The van der Waals surface area contributed by atoms with Gasteiger partial charge in [0.25, 0.3) is 5.91 Å². The number of hydrogen-bond acceptors (Lipinski definition) is 5. The Kier molecular flexibility index (Phi) is 3.07. The number of morpholine rings is 1. The highest BCUT2D eigenvalue weighted by atomic mass is 16.5. The second-order valence-corrected chi connectivity index (χ2v) is 5.54. The molecule has 7 heteroatoms. The van der Waals surface area contributed by atoms with Gasteiger partial charge in [0, 0.05) is 6.07 Å². The molecule has 2 unspecified atom stereocenters. The first-order valence-electron chi connectivity index (χ1n) is 7.23. The fraction of sp³-hybridized carbons (Fsp3) is 0.400. The number of fused-ring (bicyclic) bond motifs is 2. The summed E-state index contributed by atoms with van der Waals surface area (Å²) < 4.78 is 12.2. The van der Waals surface area contributed by atoms with Crippen molar-refractivity contribution in [3.05, 3.63) is 36.2 Å². The Labute approximate surface area is 127 Å². The zero-order chi connectivity index (χ0) is 15.1. The largest absolute Gasteiger partial charge is 0.497 e. The second-order valence-electron chi connectivity index (χ2n) is 5.54. The van der Waals surface area contributed by atoms with Crippen LogP contribution in [-0.2, 0) is 4.74 Å². The molecule has 7 nitrogen and oxygen atoms in total. The lowest BCUT2D eigenvalue weighted by atomic mass is 9.91. The number of amides is 1. The van der Waals surface area contributed by atoms with Gasteiger partial charge in [-0.1, -0.05) is 11.3 Å². The van der Waals surface area contributed by atoms with E-state index in [1.54, 1.807) is 18.0 Å². The molecule has 0 N–H and O–H groups in total. The maximum Gasteiger partial charge on any atom is 0.276 e. The molecular formula is C15H16N4O3. The summed E-state index contributed by atoms with van der Waals surface area (Å²) >= 11 is 0. The maximum absolute atomic E-state index is 12.5. The van der Waals surface area contributed by atoms with Crippen LogP contribution in [0.15, 0.2) is 30.5 Å². The van der Waals surface area contributed by atoms with Crippen LogP contribution in [0.2, 0.25) is 0 Å². The molecule has 2 bridgehead atoms. The summed E-state index contributed by atoms with van der Waals surface area (Å²) in [4.78, 5) is 14.4. The van der Waals surface area contributed by atoms with E-state index in [0.717, 1.165) is 17.9 Å². The summed E-state index contributed by atoms with van der Waals surface area (Å²) in [5, 5.41) is 8.07. The van der Waals surface area contributed by atoms with Gasteiger partial charge in [-0.05, 0) is 18.6 Å². The van der Waals surface area contributed by atoms with Crippen LogP contribution in [0, 0.1) is 0 Å². The smallest absolute Gasteiger partial charge is 0.276 e. The van der Waals surface area contributed by atoms with Crippen molar-refractivity contribution in [2.75, 3.05) is 20.3 Å². The molecule has 1 aromatic heterocycles. The average molecular weight is 300 g/mol. The standard InChI is InChI=1S/C15H16N4O3/c1-21-13-4-2-3-10(6-13)18-7-14(16-17-18)15(20)19-11-5-12(19)9-22-8-11/h2-4,6-7,11-12H,5,8-9H2,1H3. The van der Waals surface area contributed by atoms with Crippen molar-refractivity contribution in [3.8, 4) is 11.4 Å². The highest BCUT2D eigenvalue weighted by molar-refractivity contribution is 5.93. The number of nitrogens with zero attached hydrogens (tertiary/aromatic N) is 4. The molecular weight excluding hydrogens is 284 g/mol. The Morgan fingerprint density at radius 3 is 2.91 bits per heavy atom. The quantitative estimate of drug-likeness (QED) is 0.842. The van der Waals surface area contributed by atoms with Crippen LogP contribution in [0.4, 0.5) is 0 Å². The zero-order valence-corrected chi connectivity index (χ0v) is 12.2. The molecule has 2 aliphatic rings. The van der Waals surface area contributed by atoms with Crippen molar-refractivity contribution in [2.45, 2.75) is 18.5 Å². The van der Waals surface area contributed by atoms with E-state index >= 15 is 0 Å². The van der Waals surface area contributed by atoms with Crippen molar-refractivity contribution in [1.82, 2.24) is 19.9 Å². The van der Waals surface area contributed by atoms with Gasteiger partial charge in [0.1, 0.15) is 5.75 Å². The van der Waals surface area contributed by atoms with Crippen molar-refractivity contribution in [1.29, 1.82) is 0 Å². The van der Waals surface area contributed by atoms with Crippen molar-refractivity contribution in [3.63, 3.8) is 0 Å². The van der Waals surface area contributed by atoms with Gasteiger partial charge in [0.15, 0.2) is 5.69 Å². The van der Waals surface area contributed by atoms with Crippen LogP contribution in [0.3, 0.4) is 0 Å². The highest BCUT2D eigenvalue weighted by Crippen LogP contribution is 2.32. The Morgan fingerprint density at radius 2 is 2.18 bits per heavy atom. The molecule has 2 saturated heterocycles. The SMILES string of the molecule is COc1cccc(-n2cc(C(=O)N3C4COCC3C4)nn2)c1. The fourth-order valence-corrected chi connectivity index (χ4v) is 3.04. The Hall–Kier alpha value is -2.41. The van der Waals surface area contributed by atoms with Crippen LogP contribution in [0.5, 0.6) is 5.75 Å². The lowest BCUT2D eigenvalue weighted by Crippen LogP contribution is -2.65. The average Bonchev–Trinajstić information content (AvgIpc) is 3.05. The molecule has 4 rings (SSSR count). The number of hydrogen-bond donors (Lipinski definition) is 0. The number of benzene rings is 1. The monoisotopic (exact) mass is 300 g/mol. The van der Waals surface area contributed by atoms with Crippen LogP contribution >= 0.6 is 0 Å². The van der Waals surface area contributed by atoms with E-state index in [9.17, 15) is 4.79 Å². The van der Waals surface area contributed by atoms with E-state index in [1.165, 1.54) is 0 Å². The molecule has 0 saturated carbocycles. The minimum absolute atomic E-state index is 0.0707. The van der Waals surface area contributed by atoms with E-state index < -0.39 is 0 Å². The first-order chi connectivity index (χ1) is 10.8. The van der Waals surface area contributed by atoms with Gasteiger partial charge < -0.3 is 14.4 Å². The van der Waals surface area contributed by atoms with E-state index in [4.69, 9.17) is 9.47 Å². The molecule has 114 valence electrons. The molecule has 0 aliphatic carbocycles. The van der Waals surface area contributed by atoms with Gasteiger partial charge in [-0.3, -0.25) is 4.79 Å². The number of ether oxygens (including phenoxy) is 2. The summed E-state index contributed by atoms with van der Waals surface area (Å²) in [6, 6.07) is 7.83. The summed E-state index contributed by atoms with van der Waals surface area (Å²) in [7, 11) is 1.61. The van der Waals surface area contributed by atoms with E-state index in [1.807, 2.05) is 29.2 Å². The van der Waals surface area contributed by atoms with Gasteiger partial charge in [-0.15, -0.1) is 5.10 Å². The minimum atomic E-state index is -0.0707. The summed E-state index contributed by atoms with van der Waals surface area (Å²) in [5.41, 5.74) is 1.16. The third-order valence-electron chi connectivity index (χ3n) is 4.22. The van der Waals surface area contributed by atoms with Crippen LogP contribution < -0.4 is 4.74 Å². The van der Waals surface area contributed by atoms with E-state index in [-0.39, 0.29) is 18.0 Å². The predicted molar refractivity (Wildman–Crippen MR) is 77.1 cm³/mol. The molecule has 2 fully saturated rings. The Balaban J connectivity index is 1.57. The molecule has 2 aliphatic heterocycles. The number of methoxy groups -OCH3 is 1. The number of carbonyl (C=O) groups is 1. The minimum Gasteiger partial charge on any atom is -0.497 e. The first kappa shape index (κ1) is 13.3. The van der Waals surface area contributed by atoms with Gasteiger partial charge in [-0.2, -0.15) is 0 Å². The van der Waals surface area contributed by atoms with Crippen molar-refractivity contribution < 1.29 is 14.3 Å². The molecule has 1 amide bonds. The second kappa shape index (κ2) is 5.10. The first-order valence-corrected chi connectivity index (χ1v) is 7.23. The molecule has 3 heterocycles. The van der Waals surface area contributed by atoms with Crippen molar-refractivity contribution >= 4 is 5.91 Å². The number of carbonyl (C=O) groups excluding carboxylic acids is 1. The molecule has 2 atom stereocenters. The van der Waals surface area contributed by atoms with Crippen molar-refractivity contribution in [2.24, 2.45) is 0 Å². The van der Waals surface area contributed by atoms with E-state index in [0.29, 0.717) is 18.9 Å². The molecule has 0 spiro atoms. The molecule has 1 aromatic carbocycles. The summed E-state index contributed by atoms with van der Waals surface area (Å²) in [5.74, 6) is 0.661. The predicted octanol–water partition coefficient (Wildman–Crippen LogP) is 0.889. The zero-order valence-electron chi connectivity index (χ0n) is 12.2. The van der Waals surface area contributed by atoms with E-state index in [2.05, 4.69) is 10.3 Å². The van der Waals surface area contributed by atoms with Gasteiger partial charge in [0.2, 0.25) is 0 Å². The topological polar surface area (TPSA) is 69.5 Å². The van der Waals surface area contributed by atoms with Crippen LogP contribution in [0.1, 0.15) is 16.9 Å². The van der Waals surface area contributed by atoms with Gasteiger partial charge in [-0.25, -0.2) is 4.68 Å². The van der Waals surface area contributed by atoms with Crippen LogP contribution in [0.25, 0.3) is 5.69 Å². The fourth-order valence-electron chi connectivity index (χ4n) is 3.04. The summed E-state index contributed by atoms with van der Waals surface area (Å²) in [6.45, 7) is 1.23. The molecule has 2 aromatic rings. The Bertz CT molecular complexity index is 700. The number of aromatic nitrogens is 3. The molecule has 0 radical (unpaired) electrons. The summed E-state index contributed by atoms with van der Waals surface area (Å²) in [6.07, 6.45) is 2.68. The third kappa shape index (κ3) is 2.05. The third-order valence-corrected chi connectivity index (χ3v) is 4.22. The van der Waals surface area contributed by atoms with Crippen LogP contribution in [-0.4, -0.2) is 58.2 Å². The van der Waals surface area contributed by atoms with Gasteiger partial charge >= 0.3 is 0 Å². The normalized spacial score (nSPS) is 23.0. The lowest BCUT2D eigenvalue weighted by molar-refractivity contribution is -0.104. The molecule has 22 heavy (non-hydrogen) atoms. The lowest BCUT2D eigenvalue weighted by Gasteiger charge is -2.51. The maximum atomic E-state index is 12.5. The number of rotatable bonds is 3. The highest BCUT2D eigenvalue weighted by Gasteiger charge is 2.46. The Morgan fingerprint density at radius 1 is 1.36 bits per heavy atom.